The normalized spacial score (nSPS) is 11.2. The van der Waals surface area contributed by atoms with E-state index >= 15 is 0 Å². The van der Waals surface area contributed by atoms with Gasteiger partial charge in [0.2, 0.25) is 0 Å². The molecule has 102 valence electrons. The Kier molecular flexibility index (Phi) is 2.67. The lowest BCUT2D eigenvalue weighted by Gasteiger charge is -2.07. The van der Waals surface area contributed by atoms with E-state index in [9.17, 15) is 4.79 Å². The molecule has 0 fully saturated rings. The second-order valence-electron chi connectivity index (χ2n) is 5.01. The molecular weight excluding hydrogens is 252 g/mol. The molecule has 0 atom stereocenters. The summed E-state index contributed by atoms with van der Waals surface area (Å²) < 4.78 is 6.99. The van der Waals surface area contributed by atoms with E-state index in [1.54, 1.807) is 17.8 Å². The van der Waals surface area contributed by atoms with Crippen molar-refractivity contribution in [3.05, 3.63) is 53.1 Å². The van der Waals surface area contributed by atoms with Gasteiger partial charge in [0, 0.05) is 16.6 Å². The minimum atomic E-state index is -0.0980. The molecule has 0 aliphatic rings. The van der Waals surface area contributed by atoms with E-state index < -0.39 is 0 Å². The number of para-hydroxylation sites is 1. The van der Waals surface area contributed by atoms with Crippen LogP contribution in [0.15, 0.2) is 34.9 Å². The van der Waals surface area contributed by atoms with Crippen molar-refractivity contribution in [1.82, 2.24) is 4.57 Å². The summed E-state index contributed by atoms with van der Waals surface area (Å²) in [4.78, 5) is 12.8. The van der Waals surface area contributed by atoms with Gasteiger partial charge in [0.05, 0.1) is 23.0 Å². The number of benzene rings is 1. The van der Waals surface area contributed by atoms with Crippen molar-refractivity contribution >= 4 is 22.5 Å². The number of nitrogens with zero attached hydrogens (tertiary/aromatic N) is 1. The molecule has 4 nitrogen and oxygen atoms in total. The number of hydrogen-bond donors (Lipinski definition) is 1. The maximum absolute atomic E-state index is 12.8. The standard InChI is InChI=1S/C16H16N2O2/c1-9-8-20-11(3)14(9)16(19)18-10(2)15(17)12-6-4-5-7-13(12)18/h4-8H,17H2,1-3H3. The summed E-state index contributed by atoms with van der Waals surface area (Å²) >= 11 is 0. The third-order valence-electron chi connectivity index (χ3n) is 3.74. The number of nitrogens with two attached hydrogens (primary N) is 1. The molecule has 0 aliphatic heterocycles. The summed E-state index contributed by atoms with van der Waals surface area (Å²) in [7, 11) is 0. The monoisotopic (exact) mass is 268 g/mol. The molecular formula is C16H16N2O2. The van der Waals surface area contributed by atoms with Crippen LogP contribution in [0.5, 0.6) is 0 Å². The summed E-state index contributed by atoms with van der Waals surface area (Å²) in [6.07, 6.45) is 1.60. The molecule has 0 spiro atoms. The lowest BCUT2D eigenvalue weighted by atomic mass is 10.1. The van der Waals surface area contributed by atoms with Gasteiger partial charge >= 0.3 is 0 Å². The molecule has 3 rings (SSSR count). The number of rotatable bonds is 1. The van der Waals surface area contributed by atoms with Gasteiger partial charge in [-0.15, -0.1) is 0 Å². The largest absolute Gasteiger partial charge is 0.469 e. The van der Waals surface area contributed by atoms with Crippen LogP contribution < -0.4 is 5.73 Å². The highest BCUT2D eigenvalue weighted by Crippen LogP contribution is 2.29. The fraction of sp³-hybridized carbons (Fsp3) is 0.188. The lowest BCUT2D eigenvalue weighted by Crippen LogP contribution is -2.15. The van der Waals surface area contributed by atoms with Crippen LogP contribution >= 0.6 is 0 Å². The smallest absolute Gasteiger partial charge is 0.266 e. The zero-order valence-corrected chi connectivity index (χ0v) is 11.7. The number of aryl methyl sites for hydroxylation is 2. The Balaban J connectivity index is 2.30. The number of nitrogen functional groups attached to an aromatic ring is 1. The summed E-state index contributed by atoms with van der Waals surface area (Å²) in [5, 5.41) is 0.900. The number of anilines is 1. The number of fused-ring (bicyclic) bond motifs is 1. The Morgan fingerprint density at radius 2 is 1.90 bits per heavy atom. The Labute approximate surface area is 116 Å². The minimum Gasteiger partial charge on any atom is -0.469 e. The van der Waals surface area contributed by atoms with Crippen LogP contribution in [0.25, 0.3) is 10.9 Å². The van der Waals surface area contributed by atoms with Gasteiger partial charge in [-0.2, -0.15) is 0 Å². The van der Waals surface area contributed by atoms with Crippen LogP contribution in [0.3, 0.4) is 0 Å². The molecule has 20 heavy (non-hydrogen) atoms. The van der Waals surface area contributed by atoms with Gasteiger partial charge in [-0.1, -0.05) is 18.2 Å². The van der Waals surface area contributed by atoms with Crippen molar-refractivity contribution in [3.63, 3.8) is 0 Å². The van der Waals surface area contributed by atoms with E-state index in [4.69, 9.17) is 10.2 Å². The van der Waals surface area contributed by atoms with Crippen molar-refractivity contribution in [1.29, 1.82) is 0 Å². The van der Waals surface area contributed by atoms with Gasteiger partial charge in [-0.3, -0.25) is 9.36 Å². The fourth-order valence-corrected chi connectivity index (χ4v) is 2.66. The van der Waals surface area contributed by atoms with Crippen LogP contribution in [-0.2, 0) is 0 Å². The molecule has 4 heteroatoms. The highest BCUT2D eigenvalue weighted by molar-refractivity contribution is 6.07. The molecule has 1 aromatic carbocycles. The molecule has 0 saturated carbocycles. The highest BCUT2D eigenvalue weighted by Gasteiger charge is 2.22. The molecule has 0 saturated heterocycles. The third-order valence-corrected chi connectivity index (χ3v) is 3.74. The van der Waals surface area contributed by atoms with Crippen molar-refractivity contribution in [3.8, 4) is 0 Å². The van der Waals surface area contributed by atoms with Gasteiger partial charge in [0.25, 0.3) is 5.91 Å². The van der Waals surface area contributed by atoms with Crippen LogP contribution in [0, 0.1) is 20.8 Å². The Bertz CT molecular complexity index is 805. The second-order valence-corrected chi connectivity index (χ2v) is 5.01. The first-order valence-electron chi connectivity index (χ1n) is 6.47. The van der Waals surface area contributed by atoms with Crippen molar-refractivity contribution in [2.45, 2.75) is 20.8 Å². The van der Waals surface area contributed by atoms with Crippen LogP contribution in [0.1, 0.15) is 27.4 Å². The van der Waals surface area contributed by atoms with Crippen LogP contribution in [0.2, 0.25) is 0 Å². The van der Waals surface area contributed by atoms with Crippen molar-refractivity contribution in [2.75, 3.05) is 5.73 Å². The van der Waals surface area contributed by atoms with E-state index in [-0.39, 0.29) is 5.91 Å². The maximum atomic E-state index is 12.8. The number of aromatic nitrogens is 1. The summed E-state index contributed by atoms with van der Waals surface area (Å²) in [5.74, 6) is 0.530. The van der Waals surface area contributed by atoms with E-state index in [2.05, 4.69) is 0 Å². The van der Waals surface area contributed by atoms with Crippen LogP contribution in [-0.4, -0.2) is 10.5 Å². The van der Waals surface area contributed by atoms with Gasteiger partial charge in [0.15, 0.2) is 0 Å². The number of furan rings is 1. The van der Waals surface area contributed by atoms with E-state index in [1.807, 2.05) is 38.1 Å². The lowest BCUT2D eigenvalue weighted by molar-refractivity contribution is 0.0961. The molecule has 3 aromatic rings. The summed E-state index contributed by atoms with van der Waals surface area (Å²) in [6.45, 7) is 5.52. The first-order valence-corrected chi connectivity index (χ1v) is 6.47. The first-order chi connectivity index (χ1) is 9.52. The zero-order valence-electron chi connectivity index (χ0n) is 11.7. The van der Waals surface area contributed by atoms with Gasteiger partial charge < -0.3 is 10.2 Å². The second kappa shape index (κ2) is 4.27. The molecule has 0 radical (unpaired) electrons. The predicted octanol–water partition coefficient (Wildman–Crippen LogP) is 3.43. The van der Waals surface area contributed by atoms with Gasteiger partial charge in [0.1, 0.15) is 5.76 Å². The molecule has 0 amide bonds. The maximum Gasteiger partial charge on any atom is 0.266 e. The number of hydrogen-bond acceptors (Lipinski definition) is 3. The van der Waals surface area contributed by atoms with Crippen LogP contribution in [0.4, 0.5) is 5.69 Å². The molecule has 0 unspecified atom stereocenters. The molecule has 2 aromatic heterocycles. The zero-order chi connectivity index (χ0) is 14.4. The third kappa shape index (κ3) is 1.58. The highest BCUT2D eigenvalue weighted by atomic mass is 16.3. The van der Waals surface area contributed by atoms with Crippen molar-refractivity contribution in [2.24, 2.45) is 0 Å². The average Bonchev–Trinajstić information content (AvgIpc) is 2.89. The van der Waals surface area contributed by atoms with Crippen molar-refractivity contribution < 1.29 is 9.21 Å². The molecule has 2 N–H and O–H groups in total. The average molecular weight is 268 g/mol. The molecule has 2 heterocycles. The summed E-state index contributed by atoms with van der Waals surface area (Å²) in [5.41, 5.74) is 9.78. The Morgan fingerprint density at radius 3 is 2.55 bits per heavy atom. The molecule has 0 bridgehead atoms. The van der Waals surface area contributed by atoms with E-state index in [0.717, 1.165) is 22.2 Å². The number of carbonyl (C=O) groups excluding carboxylic acids is 1. The number of carbonyl (C=O) groups is 1. The fourth-order valence-electron chi connectivity index (χ4n) is 2.66. The molecule has 0 aliphatic carbocycles. The quantitative estimate of drug-likeness (QED) is 0.735. The SMILES string of the molecule is Cc1coc(C)c1C(=O)n1c(C)c(N)c2ccccc21. The van der Waals surface area contributed by atoms with E-state index in [0.29, 0.717) is 17.0 Å². The van der Waals surface area contributed by atoms with Gasteiger partial charge in [-0.25, -0.2) is 0 Å². The topological polar surface area (TPSA) is 61.2 Å². The Hall–Kier alpha value is -2.49. The minimum absolute atomic E-state index is 0.0980. The van der Waals surface area contributed by atoms with Gasteiger partial charge in [-0.05, 0) is 26.8 Å². The summed E-state index contributed by atoms with van der Waals surface area (Å²) in [6, 6.07) is 7.65. The predicted molar refractivity (Wildman–Crippen MR) is 79.0 cm³/mol. The first kappa shape index (κ1) is 12.5. The van der Waals surface area contributed by atoms with E-state index in [1.165, 1.54) is 0 Å². The Morgan fingerprint density at radius 1 is 1.20 bits per heavy atom.